The largest absolute Gasteiger partial charge is 0.497 e. The number of benzene rings is 2. The highest BCUT2D eigenvalue weighted by Gasteiger charge is 2.16. The summed E-state index contributed by atoms with van der Waals surface area (Å²) in [7, 11) is 1.65. The van der Waals surface area contributed by atoms with Gasteiger partial charge in [-0.2, -0.15) is 0 Å². The maximum Gasteiger partial charge on any atom is 0.167 e. The van der Waals surface area contributed by atoms with E-state index in [1.165, 1.54) is 12.1 Å². The predicted octanol–water partition coefficient (Wildman–Crippen LogP) is 4.20. The molecular weight excluding hydrogens is 323 g/mol. The molecule has 0 aliphatic rings. The molecule has 2 N–H and O–H groups in total. The zero-order valence-electron chi connectivity index (χ0n) is 14.2. The van der Waals surface area contributed by atoms with Crippen LogP contribution < -0.4 is 15.4 Å². The van der Waals surface area contributed by atoms with Crippen LogP contribution >= 0.6 is 12.2 Å². The highest BCUT2D eigenvalue weighted by molar-refractivity contribution is 7.80. The van der Waals surface area contributed by atoms with Crippen LogP contribution in [-0.4, -0.2) is 12.2 Å². The molecule has 128 valence electrons. The summed E-state index contributed by atoms with van der Waals surface area (Å²) in [4.78, 5) is 0. The first kappa shape index (κ1) is 18.2. The van der Waals surface area contributed by atoms with Crippen molar-refractivity contribution in [2.24, 2.45) is 5.92 Å². The predicted molar refractivity (Wildman–Crippen MR) is 99.5 cm³/mol. The minimum atomic E-state index is -0.235. The molecule has 0 aliphatic carbocycles. The normalized spacial score (nSPS) is 11.9. The standard InChI is InChI=1S/C19H23FN2OS/c1-13(2)18(15-6-8-16(20)9-7-15)22-19(24)21-12-14-4-10-17(23-3)11-5-14/h4-11,13,18H,12H2,1-3H3,(H2,21,22,24)/t18-/m1/s1. The highest BCUT2D eigenvalue weighted by Crippen LogP contribution is 2.21. The van der Waals surface area contributed by atoms with E-state index in [9.17, 15) is 4.39 Å². The fraction of sp³-hybridized carbons (Fsp3) is 0.316. The van der Waals surface area contributed by atoms with Gasteiger partial charge in [0.2, 0.25) is 0 Å². The molecule has 3 nitrogen and oxygen atoms in total. The van der Waals surface area contributed by atoms with Gasteiger partial charge >= 0.3 is 0 Å². The Balaban J connectivity index is 1.93. The molecule has 0 radical (unpaired) electrons. The van der Waals surface area contributed by atoms with Crippen LogP contribution in [0.15, 0.2) is 48.5 Å². The van der Waals surface area contributed by atoms with Gasteiger partial charge in [-0.05, 0) is 53.5 Å². The summed E-state index contributed by atoms with van der Waals surface area (Å²) >= 11 is 5.40. The fourth-order valence-corrected chi connectivity index (χ4v) is 2.62. The van der Waals surface area contributed by atoms with Crippen LogP contribution in [0.3, 0.4) is 0 Å². The van der Waals surface area contributed by atoms with Crippen molar-refractivity contribution in [3.63, 3.8) is 0 Å². The minimum absolute atomic E-state index is 0.0291. The van der Waals surface area contributed by atoms with Gasteiger partial charge in [-0.15, -0.1) is 0 Å². The Hall–Kier alpha value is -2.14. The maximum absolute atomic E-state index is 13.1. The average molecular weight is 346 g/mol. The second-order valence-corrected chi connectivity index (χ2v) is 6.36. The number of hydrogen-bond acceptors (Lipinski definition) is 2. The lowest BCUT2D eigenvalue weighted by molar-refractivity contribution is 0.414. The molecule has 0 aliphatic heterocycles. The van der Waals surface area contributed by atoms with E-state index >= 15 is 0 Å². The van der Waals surface area contributed by atoms with E-state index in [0.29, 0.717) is 17.6 Å². The molecule has 0 saturated carbocycles. The number of rotatable bonds is 6. The first-order valence-electron chi connectivity index (χ1n) is 7.92. The first-order valence-corrected chi connectivity index (χ1v) is 8.33. The molecular formula is C19H23FN2OS. The lowest BCUT2D eigenvalue weighted by Crippen LogP contribution is -2.39. The average Bonchev–Trinajstić information content (AvgIpc) is 2.59. The lowest BCUT2D eigenvalue weighted by atomic mass is 9.96. The Bertz CT molecular complexity index is 656. The summed E-state index contributed by atoms with van der Waals surface area (Å²) in [5, 5.41) is 7.10. The van der Waals surface area contributed by atoms with Gasteiger partial charge in [0, 0.05) is 6.54 Å². The third-order valence-corrected chi connectivity index (χ3v) is 4.06. The summed E-state index contributed by atoms with van der Waals surface area (Å²) in [5.74, 6) is 0.910. The summed E-state index contributed by atoms with van der Waals surface area (Å²) in [6, 6.07) is 14.4. The molecule has 0 saturated heterocycles. The quantitative estimate of drug-likeness (QED) is 0.768. The summed E-state index contributed by atoms with van der Waals surface area (Å²) < 4.78 is 18.3. The highest BCUT2D eigenvalue weighted by atomic mass is 32.1. The third-order valence-electron chi connectivity index (χ3n) is 3.79. The lowest BCUT2D eigenvalue weighted by Gasteiger charge is -2.25. The molecule has 0 aromatic heterocycles. The molecule has 0 amide bonds. The Morgan fingerprint density at radius 3 is 2.25 bits per heavy atom. The van der Waals surface area contributed by atoms with Gasteiger partial charge in [0.25, 0.3) is 0 Å². The van der Waals surface area contributed by atoms with E-state index in [1.807, 2.05) is 24.3 Å². The van der Waals surface area contributed by atoms with Crippen molar-refractivity contribution in [2.75, 3.05) is 7.11 Å². The molecule has 5 heteroatoms. The van der Waals surface area contributed by atoms with Crippen LogP contribution in [0.2, 0.25) is 0 Å². The van der Waals surface area contributed by atoms with Gasteiger partial charge in [0.1, 0.15) is 11.6 Å². The van der Waals surface area contributed by atoms with Crippen molar-refractivity contribution < 1.29 is 9.13 Å². The van der Waals surface area contributed by atoms with Crippen molar-refractivity contribution >= 4 is 17.3 Å². The second-order valence-electron chi connectivity index (χ2n) is 5.95. The van der Waals surface area contributed by atoms with Crippen molar-refractivity contribution in [1.29, 1.82) is 0 Å². The van der Waals surface area contributed by atoms with Gasteiger partial charge in [-0.3, -0.25) is 0 Å². The SMILES string of the molecule is COc1ccc(CNC(=S)N[C@@H](c2ccc(F)cc2)C(C)C)cc1. The van der Waals surface area contributed by atoms with Crippen LogP contribution in [0.4, 0.5) is 4.39 Å². The number of thiocarbonyl (C=S) groups is 1. The van der Waals surface area contributed by atoms with E-state index in [1.54, 1.807) is 19.2 Å². The number of hydrogen-bond donors (Lipinski definition) is 2. The smallest absolute Gasteiger partial charge is 0.167 e. The Labute approximate surface area is 148 Å². The van der Waals surface area contributed by atoms with E-state index < -0.39 is 0 Å². The van der Waals surface area contributed by atoms with Crippen molar-refractivity contribution in [2.45, 2.75) is 26.4 Å². The topological polar surface area (TPSA) is 33.3 Å². The number of methoxy groups -OCH3 is 1. The molecule has 1 atom stereocenters. The minimum Gasteiger partial charge on any atom is -0.497 e. The van der Waals surface area contributed by atoms with Crippen molar-refractivity contribution in [3.8, 4) is 5.75 Å². The van der Waals surface area contributed by atoms with Crippen molar-refractivity contribution in [1.82, 2.24) is 10.6 Å². The number of halogens is 1. The van der Waals surface area contributed by atoms with E-state index in [0.717, 1.165) is 16.9 Å². The van der Waals surface area contributed by atoms with E-state index in [4.69, 9.17) is 17.0 Å². The maximum atomic E-state index is 13.1. The molecule has 2 aromatic carbocycles. The molecule has 0 unspecified atom stereocenters. The van der Waals surface area contributed by atoms with E-state index in [-0.39, 0.29) is 11.9 Å². The summed E-state index contributed by atoms with van der Waals surface area (Å²) in [5.41, 5.74) is 2.13. The van der Waals surface area contributed by atoms with Crippen LogP contribution in [0.5, 0.6) is 5.75 Å². The first-order chi connectivity index (χ1) is 11.5. The summed E-state index contributed by atoms with van der Waals surface area (Å²) in [6.07, 6.45) is 0. The zero-order chi connectivity index (χ0) is 17.5. The zero-order valence-corrected chi connectivity index (χ0v) is 15.0. The van der Waals surface area contributed by atoms with Crippen LogP contribution in [0, 0.1) is 11.7 Å². The van der Waals surface area contributed by atoms with Gasteiger partial charge in [-0.25, -0.2) is 4.39 Å². The monoisotopic (exact) mass is 346 g/mol. The molecule has 2 aromatic rings. The van der Waals surface area contributed by atoms with Gasteiger partial charge in [0.15, 0.2) is 5.11 Å². The fourth-order valence-electron chi connectivity index (χ4n) is 2.42. The third kappa shape index (κ3) is 5.20. The van der Waals surface area contributed by atoms with Crippen LogP contribution in [0.25, 0.3) is 0 Å². The van der Waals surface area contributed by atoms with Gasteiger partial charge < -0.3 is 15.4 Å². The number of nitrogens with one attached hydrogen (secondary N) is 2. The van der Waals surface area contributed by atoms with E-state index in [2.05, 4.69) is 24.5 Å². The van der Waals surface area contributed by atoms with Crippen LogP contribution in [-0.2, 0) is 6.54 Å². The Kier molecular flexibility index (Phi) is 6.55. The Morgan fingerprint density at radius 2 is 1.71 bits per heavy atom. The van der Waals surface area contributed by atoms with Crippen LogP contribution in [0.1, 0.15) is 31.0 Å². The summed E-state index contributed by atoms with van der Waals surface area (Å²) in [6.45, 7) is 4.84. The molecule has 0 bridgehead atoms. The van der Waals surface area contributed by atoms with Gasteiger partial charge in [0.05, 0.1) is 13.2 Å². The molecule has 0 heterocycles. The molecule has 2 rings (SSSR count). The molecule has 0 spiro atoms. The number of ether oxygens (including phenoxy) is 1. The molecule has 24 heavy (non-hydrogen) atoms. The van der Waals surface area contributed by atoms with Crippen molar-refractivity contribution in [3.05, 3.63) is 65.5 Å². The second kappa shape index (κ2) is 8.64. The molecule has 0 fully saturated rings. The van der Waals surface area contributed by atoms with Gasteiger partial charge in [-0.1, -0.05) is 38.1 Å². The Morgan fingerprint density at radius 1 is 1.08 bits per heavy atom.